The predicted molar refractivity (Wildman–Crippen MR) is 85.0 cm³/mol. The van der Waals surface area contributed by atoms with Gasteiger partial charge in [-0.1, -0.05) is 42.1 Å². The number of hydrogen-bond acceptors (Lipinski definition) is 4. The lowest BCUT2D eigenvalue weighted by molar-refractivity contribution is 0.469. The Kier molecular flexibility index (Phi) is 5.34. The van der Waals surface area contributed by atoms with Crippen molar-refractivity contribution in [2.24, 2.45) is 15.9 Å². The van der Waals surface area contributed by atoms with E-state index < -0.39 is 5.82 Å². The lowest BCUT2D eigenvalue weighted by Gasteiger charge is -1.99. The van der Waals surface area contributed by atoms with Gasteiger partial charge in [-0.25, -0.2) is 4.39 Å². The molecule has 0 bridgehead atoms. The standard InChI is InChI=1S/C15H14FN3OS/c16-14-8-13(20)7-6-12(14)9-18-19-15(17)21-10-11-4-2-1-3-5-11/h1-9,20H,10H2,(H2,17,19). The molecule has 0 unspecified atom stereocenters. The van der Waals surface area contributed by atoms with Gasteiger partial charge in [-0.3, -0.25) is 0 Å². The zero-order valence-electron chi connectivity index (χ0n) is 11.1. The van der Waals surface area contributed by atoms with Crippen molar-refractivity contribution < 1.29 is 9.50 Å². The maximum Gasteiger partial charge on any atom is 0.180 e. The minimum Gasteiger partial charge on any atom is -0.508 e. The second kappa shape index (κ2) is 7.44. The SMILES string of the molecule is NC(=NN=Cc1ccc(O)cc1F)SCc1ccccc1. The fourth-order valence-corrected chi connectivity index (χ4v) is 2.14. The van der Waals surface area contributed by atoms with Gasteiger partial charge < -0.3 is 10.8 Å². The van der Waals surface area contributed by atoms with Crippen molar-refractivity contribution in [2.45, 2.75) is 5.75 Å². The number of nitrogens with zero attached hydrogens (tertiary/aromatic N) is 2. The van der Waals surface area contributed by atoms with Crippen LogP contribution in [0.25, 0.3) is 0 Å². The largest absolute Gasteiger partial charge is 0.508 e. The number of phenolic OH excluding ortho intramolecular Hbond substituents is 1. The third-order valence-corrected chi connectivity index (χ3v) is 3.42. The van der Waals surface area contributed by atoms with Gasteiger partial charge in [0.05, 0.1) is 6.21 Å². The molecule has 2 aromatic carbocycles. The van der Waals surface area contributed by atoms with Crippen molar-refractivity contribution in [1.29, 1.82) is 0 Å². The summed E-state index contributed by atoms with van der Waals surface area (Å²) in [7, 11) is 0. The van der Waals surface area contributed by atoms with E-state index in [2.05, 4.69) is 10.2 Å². The topological polar surface area (TPSA) is 71.0 Å². The molecule has 0 aliphatic carbocycles. The molecule has 2 rings (SSSR count). The number of rotatable bonds is 4. The normalized spacial score (nSPS) is 12.0. The Morgan fingerprint density at radius 3 is 2.71 bits per heavy atom. The van der Waals surface area contributed by atoms with Crippen molar-refractivity contribution in [3.63, 3.8) is 0 Å². The first-order valence-electron chi connectivity index (χ1n) is 6.17. The molecule has 108 valence electrons. The smallest absolute Gasteiger partial charge is 0.180 e. The van der Waals surface area contributed by atoms with Crippen molar-refractivity contribution in [2.75, 3.05) is 0 Å². The number of nitrogens with two attached hydrogens (primary N) is 1. The quantitative estimate of drug-likeness (QED) is 0.518. The molecule has 0 saturated heterocycles. The van der Waals surface area contributed by atoms with Gasteiger partial charge in [-0.2, -0.15) is 5.10 Å². The fraction of sp³-hybridized carbons (Fsp3) is 0.0667. The van der Waals surface area contributed by atoms with E-state index >= 15 is 0 Å². The van der Waals surface area contributed by atoms with E-state index in [1.807, 2.05) is 30.3 Å². The molecule has 0 aliphatic rings. The van der Waals surface area contributed by atoms with Crippen LogP contribution in [-0.2, 0) is 5.75 Å². The average Bonchev–Trinajstić information content (AvgIpc) is 2.48. The van der Waals surface area contributed by atoms with E-state index in [1.165, 1.54) is 30.1 Å². The molecule has 0 aromatic heterocycles. The molecule has 0 spiro atoms. The van der Waals surface area contributed by atoms with Crippen molar-refractivity contribution in [3.8, 4) is 5.75 Å². The molecule has 3 N–H and O–H groups in total. The summed E-state index contributed by atoms with van der Waals surface area (Å²) in [6.07, 6.45) is 1.25. The molecule has 0 fully saturated rings. The average molecular weight is 303 g/mol. The van der Waals surface area contributed by atoms with Crippen molar-refractivity contribution in [1.82, 2.24) is 0 Å². The molecule has 21 heavy (non-hydrogen) atoms. The minimum absolute atomic E-state index is 0.133. The van der Waals surface area contributed by atoms with Crippen molar-refractivity contribution >= 4 is 23.1 Å². The van der Waals surface area contributed by atoms with Crippen LogP contribution in [0.2, 0.25) is 0 Å². The molecule has 0 aliphatic heterocycles. The van der Waals surface area contributed by atoms with Gasteiger partial charge >= 0.3 is 0 Å². The van der Waals surface area contributed by atoms with Crippen LogP contribution in [0.15, 0.2) is 58.7 Å². The first-order valence-corrected chi connectivity index (χ1v) is 7.15. The van der Waals surface area contributed by atoms with E-state index in [1.54, 1.807) is 0 Å². The Labute approximate surface area is 126 Å². The first-order chi connectivity index (χ1) is 10.1. The van der Waals surface area contributed by atoms with Gasteiger partial charge in [0.2, 0.25) is 0 Å². The number of halogens is 1. The Hall–Kier alpha value is -2.34. The summed E-state index contributed by atoms with van der Waals surface area (Å²) >= 11 is 1.35. The van der Waals surface area contributed by atoms with Gasteiger partial charge in [-0.05, 0) is 17.7 Å². The highest BCUT2D eigenvalue weighted by atomic mass is 32.2. The zero-order valence-corrected chi connectivity index (χ0v) is 11.9. The number of hydrogen-bond donors (Lipinski definition) is 2. The number of aromatic hydroxyl groups is 1. The second-order valence-corrected chi connectivity index (χ2v) is 5.16. The highest BCUT2D eigenvalue weighted by Crippen LogP contribution is 2.14. The highest BCUT2D eigenvalue weighted by Gasteiger charge is 2.00. The molecule has 0 heterocycles. The van der Waals surface area contributed by atoms with Gasteiger partial charge in [-0.15, -0.1) is 5.10 Å². The number of benzene rings is 2. The molecule has 2 aromatic rings. The van der Waals surface area contributed by atoms with Crippen LogP contribution < -0.4 is 5.73 Å². The summed E-state index contributed by atoms with van der Waals surface area (Å²) in [4.78, 5) is 0. The minimum atomic E-state index is -0.565. The van der Waals surface area contributed by atoms with Crippen LogP contribution in [0.5, 0.6) is 5.75 Å². The lowest BCUT2D eigenvalue weighted by atomic mass is 10.2. The van der Waals surface area contributed by atoms with Crippen LogP contribution in [0, 0.1) is 5.82 Å². The molecule has 6 heteroatoms. The van der Waals surface area contributed by atoms with E-state index in [4.69, 9.17) is 10.8 Å². The molecular formula is C15H14FN3OS. The number of amidine groups is 1. The molecule has 0 saturated carbocycles. The van der Waals surface area contributed by atoms with Gasteiger partial charge in [0.1, 0.15) is 11.6 Å². The maximum absolute atomic E-state index is 13.4. The zero-order chi connectivity index (χ0) is 15.1. The molecular weight excluding hydrogens is 289 g/mol. The fourth-order valence-electron chi connectivity index (χ4n) is 1.53. The van der Waals surface area contributed by atoms with Crippen molar-refractivity contribution in [3.05, 3.63) is 65.5 Å². The summed E-state index contributed by atoms with van der Waals surface area (Å²) < 4.78 is 13.4. The number of thioether (sulfide) groups is 1. The Bertz CT molecular complexity index is 659. The van der Waals surface area contributed by atoms with Crippen LogP contribution in [0.3, 0.4) is 0 Å². The molecule has 0 atom stereocenters. The van der Waals surface area contributed by atoms with Crippen LogP contribution in [0.1, 0.15) is 11.1 Å². The summed E-state index contributed by atoms with van der Waals surface area (Å²) in [5.74, 6) is -0.00486. The Morgan fingerprint density at radius 1 is 1.24 bits per heavy atom. The predicted octanol–water partition coefficient (Wildman–Crippen LogP) is 3.11. The monoisotopic (exact) mass is 303 g/mol. The van der Waals surface area contributed by atoms with Crippen LogP contribution in [-0.4, -0.2) is 16.5 Å². The highest BCUT2D eigenvalue weighted by molar-refractivity contribution is 8.13. The van der Waals surface area contributed by atoms with E-state index in [0.717, 1.165) is 11.6 Å². The number of phenols is 1. The van der Waals surface area contributed by atoms with Crippen LogP contribution in [0.4, 0.5) is 4.39 Å². The Balaban J connectivity index is 1.92. The third kappa shape index (κ3) is 4.92. The van der Waals surface area contributed by atoms with Gasteiger partial charge in [0.25, 0.3) is 0 Å². The molecule has 4 nitrogen and oxygen atoms in total. The summed E-state index contributed by atoms with van der Waals surface area (Å²) in [6, 6.07) is 13.6. The second-order valence-electron chi connectivity index (χ2n) is 4.16. The summed E-state index contributed by atoms with van der Waals surface area (Å²) in [5.41, 5.74) is 7.08. The van der Waals surface area contributed by atoms with E-state index in [0.29, 0.717) is 10.9 Å². The van der Waals surface area contributed by atoms with Crippen LogP contribution >= 0.6 is 11.8 Å². The Morgan fingerprint density at radius 2 is 2.00 bits per heavy atom. The summed E-state index contributed by atoms with van der Waals surface area (Å²) in [5, 5.41) is 16.9. The van der Waals surface area contributed by atoms with Gasteiger partial charge in [0, 0.05) is 17.4 Å². The third-order valence-electron chi connectivity index (χ3n) is 2.57. The molecule has 0 amide bonds. The van der Waals surface area contributed by atoms with E-state index in [-0.39, 0.29) is 11.3 Å². The summed E-state index contributed by atoms with van der Waals surface area (Å²) in [6.45, 7) is 0. The van der Waals surface area contributed by atoms with E-state index in [9.17, 15) is 4.39 Å². The first kappa shape index (κ1) is 15.1. The lowest BCUT2D eigenvalue weighted by Crippen LogP contribution is -2.06. The van der Waals surface area contributed by atoms with Gasteiger partial charge in [0.15, 0.2) is 5.17 Å². The molecule has 0 radical (unpaired) electrons. The maximum atomic E-state index is 13.4.